The van der Waals surface area contributed by atoms with Crippen LogP contribution in [0.2, 0.25) is 0 Å². The highest BCUT2D eigenvalue weighted by Gasteiger charge is 2.48. The Kier molecular flexibility index (Phi) is 5.29. The lowest BCUT2D eigenvalue weighted by molar-refractivity contribution is -0.122. The van der Waals surface area contributed by atoms with E-state index in [0.29, 0.717) is 29.8 Å². The second-order valence-electron chi connectivity index (χ2n) is 8.22. The first-order chi connectivity index (χ1) is 14.3. The third-order valence-corrected chi connectivity index (χ3v) is 6.12. The number of allylic oxidation sites excluding steroid dienone is 2. The lowest BCUT2D eigenvalue weighted by Crippen LogP contribution is -2.30. The van der Waals surface area contributed by atoms with Crippen LogP contribution >= 0.6 is 0 Å². The lowest BCUT2D eigenvalue weighted by atomic mass is 9.82. The number of ketones is 1. The highest BCUT2D eigenvalue weighted by Crippen LogP contribution is 2.39. The molecule has 0 spiro atoms. The van der Waals surface area contributed by atoms with Gasteiger partial charge in [0.15, 0.2) is 12.4 Å². The van der Waals surface area contributed by atoms with Crippen molar-refractivity contribution >= 4 is 23.3 Å². The molecular formula is C25H25NO4. The van der Waals surface area contributed by atoms with Crippen molar-refractivity contribution in [2.75, 3.05) is 11.5 Å². The minimum atomic E-state index is -0.257. The summed E-state index contributed by atoms with van der Waals surface area (Å²) in [7, 11) is 0. The van der Waals surface area contributed by atoms with E-state index in [0.717, 1.165) is 16.7 Å². The smallest absolute Gasteiger partial charge is 0.238 e. The molecule has 1 fully saturated rings. The van der Waals surface area contributed by atoms with Crippen LogP contribution in [0.5, 0.6) is 5.75 Å². The Balaban J connectivity index is 1.42. The summed E-state index contributed by atoms with van der Waals surface area (Å²) in [4.78, 5) is 39.3. The van der Waals surface area contributed by atoms with Gasteiger partial charge in [-0.25, -0.2) is 0 Å². The van der Waals surface area contributed by atoms with E-state index >= 15 is 0 Å². The van der Waals surface area contributed by atoms with Gasteiger partial charge in [0, 0.05) is 5.56 Å². The van der Waals surface area contributed by atoms with Crippen molar-refractivity contribution in [2.24, 2.45) is 11.8 Å². The summed E-state index contributed by atoms with van der Waals surface area (Å²) in [5.41, 5.74) is 4.53. The maximum absolute atomic E-state index is 12.8. The maximum Gasteiger partial charge on any atom is 0.238 e. The van der Waals surface area contributed by atoms with Crippen molar-refractivity contribution in [3.8, 4) is 5.75 Å². The first-order valence-corrected chi connectivity index (χ1v) is 10.2. The molecule has 2 aromatic carbocycles. The minimum absolute atomic E-state index is 0.0709. The highest BCUT2D eigenvalue weighted by atomic mass is 16.5. The van der Waals surface area contributed by atoms with Gasteiger partial charge in [0.1, 0.15) is 5.75 Å². The van der Waals surface area contributed by atoms with Gasteiger partial charge < -0.3 is 4.74 Å². The number of nitrogens with zero attached hydrogens (tertiary/aromatic N) is 1. The van der Waals surface area contributed by atoms with E-state index < -0.39 is 0 Å². The molecule has 5 nitrogen and oxygen atoms in total. The predicted molar refractivity (Wildman–Crippen MR) is 115 cm³/mol. The number of hydrogen-bond acceptors (Lipinski definition) is 4. The molecule has 0 radical (unpaired) electrons. The Morgan fingerprint density at radius 1 is 0.967 bits per heavy atom. The number of amides is 2. The molecule has 1 aliphatic heterocycles. The Labute approximate surface area is 176 Å². The minimum Gasteiger partial charge on any atom is -0.485 e. The van der Waals surface area contributed by atoms with Crippen molar-refractivity contribution in [3.05, 3.63) is 70.8 Å². The van der Waals surface area contributed by atoms with Crippen molar-refractivity contribution in [2.45, 2.75) is 33.6 Å². The molecule has 30 heavy (non-hydrogen) atoms. The van der Waals surface area contributed by atoms with E-state index in [1.165, 1.54) is 4.90 Å². The molecule has 2 atom stereocenters. The Hall–Kier alpha value is -3.21. The zero-order chi connectivity index (χ0) is 21.4. The zero-order valence-electron chi connectivity index (χ0n) is 17.5. The van der Waals surface area contributed by atoms with Crippen LogP contribution in [0.1, 0.15) is 41.3 Å². The molecule has 2 aromatic rings. The second-order valence-corrected chi connectivity index (χ2v) is 8.22. The molecule has 2 aliphatic rings. The van der Waals surface area contributed by atoms with Gasteiger partial charge in [-0.05, 0) is 75.1 Å². The number of ether oxygens (including phenoxy) is 1. The fourth-order valence-electron chi connectivity index (χ4n) is 4.13. The average molecular weight is 403 g/mol. The Morgan fingerprint density at radius 2 is 1.67 bits per heavy atom. The van der Waals surface area contributed by atoms with Crippen molar-refractivity contribution < 1.29 is 19.1 Å². The predicted octanol–water partition coefficient (Wildman–Crippen LogP) is 4.41. The monoisotopic (exact) mass is 403 g/mol. The molecule has 2 amide bonds. The van der Waals surface area contributed by atoms with E-state index in [-0.39, 0.29) is 36.0 Å². The first-order valence-electron chi connectivity index (χ1n) is 10.2. The summed E-state index contributed by atoms with van der Waals surface area (Å²) < 4.78 is 5.63. The van der Waals surface area contributed by atoms with Crippen molar-refractivity contribution in [3.63, 3.8) is 0 Å². The van der Waals surface area contributed by atoms with E-state index in [2.05, 4.69) is 6.08 Å². The molecule has 0 bridgehead atoms. The summed E-state index contributed by atoms with van der Waals surface area (Å²) in [6.45, 7) is 5.91. The standard InChI is InChI=1S/C25H25NO4/c1-15-4-11-21-22(12-15)25(29)26(24(21)28)19-7-9-20(10-8-19)30-14-23(27)18-6-5-16(2)17(3)13-18/h4-10,13,21-22H,11-12,14H2,1-3H3. The Morgan fingerprint density at radius 3 is 2.37 bits per heavy atom. The number of benzene rings is 2. The number of carbonyl (C=O) groups is 3. The number of imide groups is 1. The zero-order valence-corrected chi connectivity index (χ0v) is 17.5. The van der Waals surface area contributed by atoms with Gasteiger partial charge in [-0.1, -0.05) is 23.8 Å². The van der Waals surface area contributed by atoms with Gasteiger partial charge in [0.05, 0.1) is 17.5 Å². The number of anilines is 1. The SMILES string of the molecule is CC1=CCC2C(=O)N(c3ccc(OCC(=O)c4ccc(C)c(C)c4)cc3)C(=O)C2C1. The molecular weight excluding hydrogens is 378 g/mol. The molecule has 1 saturated heterocycles. The van der Waals surface area contributed by atoms with E-state index in [9.17, 15) is 14.4 Å². The van der Waals surface area contributed by atoms with E-state index in [1.807, 2.05) is 32.9 Å². The molecule has 2 unspecified atom stereocenters. The summed E-state index contributed by atoms with van der Waals surface area (Å²) >= 11 is 0. The molecule has 0 N–H and O–H groups in total. The van der Waals surface area contributed by atoms with Gasteiger partial charge in [-0.3, -0.25) is 19.3 Å². The van der Waals surface area contributed by atoms with Crippen LogP contribution in [0.15, 0.2) is 54.1 Å². The van der Waals surface area contributed by atoms with Crippen LogP contribution in [0, 0.1) is 25.7 Å². The molecule has 154 valence electrons. The highest BCUT2D eigenvalue weighted by molar-refractivity contribution is 6.22. The van der Waals surface area contributed by atoms with Gasteiger partial charge >= 0.3 is 0 Å². The maximum atomic E-state index is 12.8. The van der Waals surface area contributed by atoms with Gasteiger partial charge in [-0.2, -0.15) is 0 Å². The van der Waals surface area contributed by atoms with Gasteiger partial charge in [0.25, 0.3) is 0 Å². The van der Waals surface area contributed by atoms with Crippen LogP contribution in [0.25, 0.3) is 0 Å². The summed E-state index contributed by atoms with van der Waals surface area (Å²) in [5, 5.41) is 0. The van der Waals surface area contributed by atoms with Crippen molar-refractivity contribution in [1.82, 2.24) is 0 Å². The number of hydrogen-bond donors (Lipinski definition) is 0. The van der Waals surface area contributed by atoms with Crippen LogP contribution in [-0.4, -0.2) is 24.2 Å². The fourth-order valence-corrected chi connectivity index (χ4v) is 4.13. The summed E-state index contributed by atoms with van der Waals surface area (Å²) in [5.74, 6) is -0.353. The van der Waals surface area contributed by atoms with E-state index in [4.69, 9.17) is 4.74 Å². The third-order valence-electron chi connectivity index (χ3n) is 6.12. The first kappa shape index (κ1) is 20.1. The van der Waals surface area contributed by atoms with Gasteiger partial charge in [0.2, 0.25) is 11.8 Å². The number of carbonyl (C=O) groups excluding carboxylic acids is 3. The molecule has 5 heteroatoms. The third kappa shape index (κ3) is 3.67. The van der Waals surface area contributed by atoms with Crippen LogP contribution < -0.4 is 9.64 Å². The largest absolute Gasteiger partial charge is 0.485 e. The Bertz CT molecular complexity index is 1050. The van der Waals surface area contributed by atoms with E-state index in [1.54, 1.807) is 30.3 Å². The number of rotatable bonds is 5. The molecule has 1 heterocycles. The molecule has 1 aliphatic carbocycles. The summed E-state index contributed by atoms with van der Waals surface area (Å²) in [6, 6.07) is 12.4. The lowest BCUT2D eigenvalue weighted by Gasteiger charge is -2.18. The van der Waals surface area contributed by atoms with Crippen LogP contribution in [-0.2, 0) is 9.59 Å². The van der Waals surface area contributed by atoms with Crippen LogP contribution in [0.4, 0.5) is 5.69 Å². The number of fused-ring (bicyclic) bond motifs is 1. The molecule has 0 aromatic heterocycles. The van der Waals surface area contributed by atoms with Gasteiger partial charge in [-0.15, -0.1) is 0 Å². The topological polar surface area (TPSA) is 63.7 Å². The summed E-state index contributed by atoms with van der Waals surface area (Å²) in [6.07, 6.45) is 3.33. The quantitative estimate of drug-likeness (QED) is 0.421. The van der Waals surface area contributed by atoms with Crippen molar-refractivity contribution in [1.29, 1.82) is 0 Å². The second kappa shape index (κ2) is 7.90. The van der Waals surface area contributed by atoms with Crippen LogP contribution in [0.3, 0.4) is 0 Å². The normalized spacial score (nSPS) is 20.8. The molecule has 4 rings (SSSR count). The average Bonchev–Trinajstić information content (AvgIpc) is 2.98. The fraction of sp³-hybridized carbons (Fsp3) is 0.320. The number of aryl methyl sites for hydroxylation is 2. The number of Topliss-reactive ketones (excluding diaryl/α,β-unsaturated/α-hetero) is 1. The molecule has 0 saturated carbocycles.